The van der Waals surface area contributed by atoms with Crippen LogP contribution in [0.5, 0.6) is 0 Å². The van der Waals surface area contributed by atoms with Crippen LogP contribution in [0.4, 0.5) is 18.4 Å². The number of hydrogen-bond acceptors (Lipinski definition) is 16. The molecule has 3 aromatic carbocycles. The number of rotatable bonds is 20. The zero-order valence-electron chi connectivity index (χ0n) is 56.0. The maximum atomic E-state index is 15.3. The molecular weight excluding hydrogens is 1270 g/mol. The summed E-state index contributed by atoms with van der Waals surface area (Å²) in [5.41, 5.74) is -0.314. The molecule has 516 valence electrons. The molecule has 0 spiro atoms. The number of likely N-dealkylation sites (N-methyl/N-ethyl adjacent to an activating group) is 2. The predicted octanol–water partition coefficient (Wildman–Crippen LogP) is 9.98. The minimum absolute atomic E-state index is 0.00468. The molecule has 4 fully saturated rings. The van der Waals surface area contributed by atoms with Crippen LogP contribution in [0.3, 0.4) is 0 Å². The lowest BCUT2D eigenvalue weighted by molar-refractivity contribution is -0.140. The summed E-state index contributed by atoms with van der Waals surface area (Å²) in [4.78, 5) is 143. The first-order valence-electron chi connectivity index (χ1n) is 32.9. The van der Waals surface area contributed by atoms with Gasteiger partial charge in [-0.25, -0.2) is 28.3 Å². The van der Waals surface area contributed by atoms with Gasteiger partial charge in [0.05, 0.1) is 17.8 Å². The Bertz CT molecular complexity index is 3620. The maximum absolute atomic E-state index is 15.3. The van der Waals surface area contributed by atoms with Crippen molar-refractivity contribution < 1.29 is 66.5 Å². The monoisotopic (exact) mass is 1360 g/mol. The Hall–Kier alpha value is -8.23. The molecule has 4 aliphatic rings. The minimum Gasteiger partial charge on any atom is -0.444 e. The van der Waals surface area contributed by atoms with Crippen molar-refractivity contribution in [2.45, 2.75) is 198 Å². The summed E-state index contributed by atoms with van der Waals surface area (Å²) in [7, 11) is 2.91. The third kappa shape index (κ3) is 17.9. The average molecular weight is 1360 g/mol. The number of halogens is 2. The van der Waals surface area contributed by atoms with Crippen LogP contribution in [-0.2, 0) is 28.7 Å². The van der Waals surface area contributed by atoms with Gasteiger partial charge in [-0.1, -0.05) is 50.7 Å². The average Bonchev–Trinajstić information content (AvgIpc) is 1.64. The molecule has 9 rings (SSSR count). The zero-order chi connectivity index (χ0) is 69.5. The van der Waals surface area contributed by atoms with Gasteiger partial charge in [0.25, 0.3) is 11.8 Å². The fraction of sp³-hybridized carbons (Fsp3) is 0.529. The second-order valence-electron chi connectivity index (χ2n) is 27.7. The first kappa shape index (κ1) is 72.0. The number of carbonyl (C=O) groups excluding carboxylic acids is 9. The summed E-state index contributed by atoms with van der Waals surface area (Å²) in [6.07, 6.45) is 5.54. The summed E-state index contributed by atoms with van der Waals surface area (Å²) < 4.78 is 38.9. The van der Waals surface area contributed by atoms with Crippen molar-refractivity contribution in [2.24, 2.45) is 11.8 Å². The van der Waals surface area contributed by atoms with Gasteiger partial charge in [-0.2, -0.15) is 0 Å². The molecule has 0 bridgehead atoms. The van der Waals surface area contributed by atoms with Crippen molar-refractivity contribution >= 4 is 76.1 Å². The van der Waals surface area contributed by atoms with Gasteiger partial charge in [0.1, 0.15) is 68.8 Å². The molecular formula is C70H88F2N10O12S2. The molecule has 8 amide bonds. The van der Waals surface area contributed by atoms with Crippen LogP contribution >= 0.6 is 22.7 Å². The Morgan fingerprint density at radius 2 is 0.948 bits per heavy atom. The standard InChI is InChI=1S/C70H88F2N10O12S2/c1-39(79(9)67(91)93-69(3,4)5)59(85)77-55(41-17-13-11-14-18-41)65(89)81-35-49(33-53(81)63-75-51(37-95-63)57(83)43-25-29-47(71)30-26-43)73-61(87)45-21-23-46(24-22-45)62(88)74-50-34-54(64-76-52(38-96-64)58(84)44-27-31-48(72)32-28-44)82(36-50)66(90)56(42-19-15-12-16-20-42)78-60(86)40(2)80(10)68(92)94-70(6,7)8/h21-32,37-42,49-50,53-57,83H,11-20,33-36H2,1-10H3,(H,73,87)(H,74,88)(H,77,85)(H,78,86). The number of aliphatic hydroxyl groups is 1. The highest BCUT2D eigenvalue weighted by Crippen LogP contribution is 2.40. The Kier molecular flexibility index (Phi) is 23.2. The molecule has 5 aromatic rings. The van der Waals surface area contributed by atoms with E-state index in [2.05, 4.69) is 21.3 Å². The molecule has 2 aromatic heterocycles. The van der Waals surface area contributed by atoms with Gasteiger partial charge in [0, 0.05) is 66.7 Å². The Labute approximate surface area is 566 Å². The second-order valence-corrected chi connectivity index (χ2v) is 29.5. The largest absolute Gasteiger partial charge is 0.444 e. The van der Waals surface area contributed by atoms with E-state index in [1.165, 1.54) is 108 Å². The van der Waals surface area contributed by atoms with Gasteiger partial charge in [0.2, 0.25) is 29.4 Å². The summed E-state index contributed by atoms with van der Waals surface area (Å²) in [5.74, 6) is -4.96. The molecule has 9 atom stereocenters. The second kappa shape index (κ2) is 30.9. The number of amides is 8. The smallest absolute Gasteiger partial charge is 0.410 e. The van der Waals surface area contributed by atoms with Crippen molar-refractivity contribution in [1.29, 1.82) is 0 Å². The van der Waals surface area contributed by atoms with Crippen molar-refractivity contribution in [3.8, 4) is 0 Å². The van der Waals surface area contributed by atoms with Crippen LogP contribution in [0.1, 0.15) is 209 Å². The van der Waals surface area contributed by atoms with Gasteiger partial charge in [-0.15, -0.1) is 22.7 Å². The van der Waals surface area contributed by atoms with Gasteiger partial charge in [-0.05, 0) is 172 Å². The van der Waals surface area contributed by atoms with Crippen molar-refractivity contribution in [3.05, 3.63) is 139 Å². The van der Waals surface area contributed by atoms with Gasteiger partial charge < -0.3 is 45.6 Å². The lowest BCUT2D eigenvalue weighted by atomic mass is 9.83. The number of aromatic nitrogens is 2. The molecule has 2 saturated heterocycles. The highest BCUT2D eigenvalue weighted by Gasteiger charge is 2.47. The van der Waals surface area contributed by atoms with E-state index in [-0.39, 0.29) is 65.8 Å². The number of hydrogen-bond donors (Lipinski definition) is 5. The first-order chi connectivity index (χ1) is 45.4. The third-order valence-corrected chi connectivity index (χ3v) is 20.2. The highest BCUT2D eigenvalue weighted by atomic mass is 32.1. The molecule has 5 N–H and O–H groups in total. The first-order valence-corrected chi connectivity index (χ1v) is 34.7. The lowest BCUT2D eigenvalue weighted by Crippen LogP contribution is -2.57. The lowest BCUT2D eigenvalue weighted by Gasteiger charge is -2.36. The molecule has 26 heteroatoms. The highest BCUT2D eigenvalue weighted by molar-refractivity contribution is 7.10. The van der Waals surface area contributed by atoms with E-state index in [1.54, 1.807) is 75.9 Å². The number of carbonyl (C=O) groups is 9. The number of ether oxygens (including phenoxy) is 2. The molecule has 2 aliphatic carbocycles. The number of ketones is 1. The molecule has 0 radical (unpaired) electrons. The number of benzene rings is 3. The molecule has 2 saturated carbocycles. The Morgan fingerprint density at radius 3 is 1.36 bits per heavy atom. The zero-order valence-corrected chi connectivity index (χ0v) is 57.7. The third-order valence-electron chi connectivity index (χ3n) is 18.3. The fourth-order valence-corrected chi connectivity index (χ4v) is 14.7. The summed E-state index contributed by atoms with van der Waals surface area (Å²) >= 11 is 2.36. The molecule has 4 heterocycles. The van der Waals surface area contributed by atoms with Crippen LogP contribution in [0.2, 0.25) is 0 Å². The van der Waals surface area contributed by atoms with E-state index in [0.29, 0.717) is 41.3 Å². The van der Waals surface area contributed by atoms with Crippen LogP contribution in [0.15, 0.2) is 83.6 Å². The van der Waals surface area contributed by atoms with Gasteiger partial charge in [-0.3, -0.25) is 43.4 Å². The molecule has 22 nitrogen and oxygen atoms in total. The maximum Gasteiger partial charge on any atom is 0.410 e. The van der Waals surface area contributed by atoms with Crippen molar-refractivity contribution in [1.82, 2.24) is 50.8 Å². The predicted molar refractivity (Wildman–Crippen MR) is 356 cm³/mol. The summed E-state index contributed by atoms with van der Waals surface area (Å²) in [5, 5.41) is 27.6. The van der Waals surface area contributed by atoms with Crippen LogP contribution < -0.4 is 21.3 Å². The van der Waals surface area contributed by atoms with E-state index < -0.39 is 131 Å². The topological polar surface area (TPSA) is 279 Å². The van der Waals surface area contributed by atoms with E-state index in [0.717, 1.165) is 49.9 Å². The summed E-state index contributed by atoms with van der Waals surface area (Å²) in [6, 6.07) is 9.49. The molecule has 2 aliphatic heterocycles. The van der Waals surface area contributed by atoms with Crippen LogP contribution in [0, 0.1) is 23.5 Å². The van der Waals surface area contributed by atoms with E-state index in [1.807, 2.05) is 0 Å². The number of thiazole rings is 2. The number of nitrogens with zero attached hydrogens (tertiary/aromatic N) is 6. The van der Waals surface area contributed by atoms with Gasteiger partial charge >= 0.3 is 12.2 Å². The van der Waals surface area contributed by atoms with Crippen molar-refractivity contribution in [3.63, 3.8) is 0 Å². The normalized spacial score (nSPS) is 20.2. The summed E-state index contributed by atoms with van der Waals surface area (Å²) in [6.45, 7) is 13.4. The number of likely N-dealkylation sites (tertiary alicyclic amines) is 2. The van der Waals surface area contributed by atoms with E-state index >= 15 is 9.59 Å². The Morgan fingerprint density at radius 1 is 0.562 bits per heavy atom. The minimum atomic E-state index is -1.22. The van der Waals surface area contributed by atoms with Crippen molar-refractivity contribution in [2.75, 3.05) is 27.2 Å². The van der Waals surface area contributed by atoms with Crippen LogP contribution in [0.25, 0.3) is 0 Å². The van der Waals surface area contributed by atoms with E-state index in [4.69, 9.17) is 19.4 Å². The quantitative estimate of drug-likeness (QED) is 0.0454. The SMILES string of the molecule is CC(C(=O)NC(C(=O)N1CC(NC(=O)c2ccc(C(=O)NC3CC(c4nc(C(O)c5ccc(F)cc5)cs4)N(C(=O)C(NC(=O)C(C)N(C)C(=O)OC(C)(C)C)C4CCCCC4)C3)cc2)CC1c1nc(C(=O)c2ccc(F)cc2)cs1)C1CCCCC1)N(C)C(=O)OC(C)(C)C. The Balaban J connectivity index is 0.931. The molecule has 96 heavy (non-hydrogen) atoms. The van der Waals surface area contributed by atoms with Gasteiger partial charge in [0.15, 0.2) is 0 Å². The molecule has 9 unspecified atom stereocenters. The number of aliphatic hydroxyl groups excluding tert-OH is 1. The fourth-order valence-electron chi connectivity index (χ4n) is 12.8. The van der Waals surface area contributed by atoms with Crippen LogP contribution in [-0.4, -0.2) is 163 Å². The van der Waals surface area contributed by atoms with E-state index in [9.17, 15) is 47.4 Å². The number of nitrogens with one attached hydrogen (secondary N) is 4.